The van der Waals surface area contributed by atoms with Gasteiger partial charge in [-0.2, -0.15) is 0 Å². The van der Waals surface area contributed by atoms with Gasteiger partial charge in [-0.1, -0.05) is 42.4 Å². The van der Waals surface area contributed by atoms with Gasteiger partial charge in [-0.05, 0) is 6.04 Å². The average molecular weight is 173 g/mol. The summed E-state index contributed by atoms with van der Waals surface area (Å²) in [5, 5.41) is 0. The summed E-state index contributed by atoms with van der Waals surface area (Å²) in [5.74, 6) is 2.73. The molecule has 12 heavy (non-hydrogen) atoms. The van der Waals surface area contributed by atoms with Crippen LogP contribution in [0.3, 0.4) is 0 Å². The largest absolute Gasteiger partial charge is 0.120 e. The lowest BCUT2D eigenvalue weighted by Crippen LogP contribution is -2.09. The van der Waals surface area contributed by atoms with Crippen LogP contribution >= 0.6 is 0 Å². The monoisotopic (exact) mass is 173 g/mol. The number of hydrogen-bond acceptors (Lipinski definition) is 0. The molecule has 1 rings (SSSR count). The molecule has 1 radical (unpaired) electrons. The zero-order chi connectivity index (χ0) is 8.81. The van der Waals surface area contributed by atoms with Crippen molar-refractivity contribution in [2.75, 3.05) is 0 Å². The van der Waals surface area contributed by atoms with E-state index >= 15 is 0 Å². The lowest BCUT2D eigenvalue weighted by molar-refractivity contribution is 1.34. The molecule has 0 spiro atoms. The molecule has 0 aliphatic carbocycles. The first kappa shape index (κ1) is 9.09. The normalized spacial score (nSPS) is 9.75. The highest BCUT2D eigenvalue weighted by atomic mass is 28.3. The summed E-state index contributed by atoms with van der Waals surface area (Å²) >= 11 is 0. The van der Waals surface area contributed by atoms with Gasteiger partial charge in [-0.3, -0.25) is 0 Å². The quantitative estimate of drug-likeness (QED) is 0.487. The Hall–Kier alpha value is -1.00. The van der Waals surface area contributed by atoms with Gasteiger partial charge in [0.25, 0.3) is 0 Å². The molecule has 0 aliphatic rings. The smallest absolute Gasteiger partial charge is 0.0633 e. The van der Waals surface area contributed by atoms with Crippen LogP contribution < -0.4 is 0 Å². The van der Waals surface area contributed by atoms with Gasteiger partial charge >= 0.3 is 0 Å². The molecule has 0 atom stereocenters. The molecule has 0 aliphatic heterocycles. The summed E-state index contributed by atoms with van der Waals surface area (Å²) in [5.41, 5.74) is 1.42. The number of terminal acetylenes is 1. The summed E-state index contributed by atoms with van der Waals surface area (Å²) < 4.78 is 0. The summed E-state index contributed by atoms with van der Waals surface area (Å²) in [6.07, 6.45) is 5.26. The van der Waals surface area contributed by atoms with E-state index in [2.05, 4.69) is 36.7 Å². The van der Waals surface area contributed by atoms with Crippen LogP contribution in [0.1, 0.15) is 5.56 Å². The molecule has 0 aromatic heterocycles. The highest BCUT2D eigenvalue weighted by Crippen LogP contribution is 2.04. The molecular weight excluding hydrogens is 160 g/mol. The fourth-order valence-corrected chi connectivity index (χ4v) is 2.59. The van der Waals surface area contributed by atoms with Gasteiger partial charge in [0.05, 0.1) is 8.80 Å². The number of benzene rings is 1. The van der Waals surface area contributed by atoms with E-state index in [-0.39, 0.29) is 8.80 Å². The molecule has 0 heterocycles. The Morgan fingerprint density at radius 3 is 2.58 bits per heavy atom. The van der Waals surface area contributed by atoms with E-state index < -0.39 is 0 Å². The second kappa shape index (κ2) is 4.79. The van der Waals surface area contributed by atoms with Gasteiger partial charge < -0.3 is 0 Å². The van der Waals surface area contributed by atoms with Crippen molar-refractivity contribution in [2.45, 2.75) is 18.6 Å². The van der Waals surface area contributed by atoms with Gasteiger partial charge in [0, 0.05) is 6.04 Å². The van der Waals surface area contributed by atoms with Crippen molar-refractivity contribution in [1.29, 1.82) is 0 Å². The van der Waals surface area contributed by atoms with Crippen molar-refractivity contribution in [3.05, 3.63) is 35.9 Å². The molecule has 0 saturated carbocycles. The first-order valence-corrected chi connectivity index (χ1v) is 6.53. The van der Waals surface area contributed by atoms with E-state index in [1.54, 1.807) is 0 Å². The highest BCUT2D eigenvalue weighted by molar-refractivity contribution is 6.57. The predicted molar refractivity (Wildman–Crippen MR) is 55.4 cm³/mol. The third-order valence-electron chi connectivity index (χ3n) is 1.75. The topological polar surface area (TPSA) is 0 Å². The second-order valence-electron chi connectivity index (χ2n) is 3.00. The lowest BCUT2D eigenvalue weighted by atomic mass is 10.2. The van der Waals surface area contributed by atoms with E-state index in [1.165, 1.54) is 11.6 Å². The summed E-state index contributed by atoms with van der Waals surface area (Å²) in [6, 6.07) is 12.7. The van der Waals surface area contributed by atoms with Crippen molar-refractivity contribution in [3.8, 4) is 12.3 Å². The fourth-order valence-electron chi connectivity index (χ4n) is 1.18. The summed E-state index contributed by atoms with van der Waals surface area (Å²) in [4.78, 5) is 0. The van der Waals surface area contributed by atoms with Crippen molar-refractivity contribution < 1.29 is 0 Å². The molecule has 0 N–H and O–H groups in total. The van der Waals surface area contributed by atoms with Crippen LogP contribution in [0.2, 0.25) is 12.6 Å². The van der Waals surface area contributed by atoms with Crippen LogP contribution in [0.5, 0.6) is 0 Å². The minimum atomic E-state index is -0.329. The van der Waals surface area contributed by atoms with Crippen LogP contribution in [0.15, 0.2) is 30.3 Å². The third kappa shape index (κ3) is 2.94. The Balaban J connectivity index is 2.48. The third-order valence-corrected chi connectivity index (χ3v) is 3.57. The molecule has 61 valence electrons. The van der Waals surface area contributed by atoms with Crippen molar-refractivity contribution >= 4 is 8.80 Å². The Labute approximate surface area is 76.2 Å². The maximum Gasteiger partial charge on any atom is 0.0633 e. The van der Waals surface area contributed by atoms with Crippen LogP contribution in [-0.2, 0) is 6.04 Å². The Kier molecular flexibility index (Phi) is 3.63. The first-order valence-electron chi connectivity index (χ1n) is 4.11. The molecule has 1 aromatic carbocycles. The van der Waals surface area contributed by atoms with E-state index in [4.69, 9.17) is 6.42 Å². The minimum absolute atomic E-state index is 0.329. The summed E-state index contributed by atoms with van der Waals surface area (Å²) in [7, 11) is -0.329. The molecule has 1 aromatic rings. The van der Waals surface area contributed by atoms with Crippen LogP contribution in [-0.4, -0.2) is 8.80 Å². The van der Waals surface area contributed by atoms with Crippen molar-refractivity contribution in [1.82, 2.24) is 0 Å². The van der Waals surface area contributed by atoms with Gasteiger partial charge in [0.15, 0.2) is 0 Å². The van der Waals surface area contributed by atoms with Crippen LogP contribution in [0.25, 0.3) is 0 Å². The molecule has 0 fully saturated rings. The number of hydrogen-bond donors (Lipinski definition) is 0. The average Bonchev–Trinajstić information content (AvgIpc) is 2.06. The number of rotatable bonds is 3. The van der Waals surface area contributed by atoms with Crippen molar-refractivity contribution in [2.24, 2.45) is 0 Å². The Morgan fingerprint density at radius 1 is 1.33 bits per heavy atom. The van der Waals surface area contributed by atoms with Crippen molar-refractivity contribution in [3.63, 3.8) is 0 Å². The molecule has 0 amide bonds. The molecule has 0 nitrogen and oxygen atoms in total. The van der Waals surface area contributed by atoms with E-state index in [0.29, 0.717) is 0 Å². The first-order chi connectivity index (χ1) is 5.83. The molecule has 1 heteroatoms. The predicted octanol–water partition coefficient (Wildman–Crippen LogP) is 2.53. The fraction of sp³-hybridized carbons (Fsp3) is 0.273. The van der Waals surface area contributed by atoms with Gasteiger partial charge in [0.1, 0.15) is 0 Å². The van der Waals surface area contributed by atoms with Crippen LogP contribution in [0.4, 0.5) is 0 Å². The molecule has 0 unspecified atom stereocenters. The highest BCUT2D eigenvalue weighted by Gasteiger charge is 2.02. The van der Waals surface area contributed by atoms with Gasteiger partial charge in [0.2, 0.25) is 0 Å². The maximum atomic E-state index is 5.26. The van der Waals surface area contributed by atoms with E-state index in [1.807, 2.05) is 6.07 Å². The Bertz CT molecular complexity index is 258. The standard InChI is InChI=1S/C11H13Si/c1-3-9-12(2)10-11-7-5-4-6-8-11/h1,4-8H,9-10H2,2H3. The zero-order valence-corrected chi connectivity index (χ0v) is 8.38. The molecule has 0 saturated heterocycles. The van der Waals surface area contributed by atoms with Gasteiger partial charge in [-0.25, -0.2) is 0 Å². The maximum absolute atomic E-state index is 5.26. The second-order valence-corrected chi connectivity index (χ2v) is 5.62. The molecular formula is C11H13Si. The molecule has 0 bridgehead atoms. The van der Waals surface area contributed by atoms with Gasteiger partial charge in [-0.15, -0.1) is 12.3 Å². The van der Waals surface area contributed by atoms with E-state index in [9.17, 15) is 0 Å². The Morgan fingerprint density at radius 2 is 2.00 bits per heavy atom. The van der Waals surface area contributed by atoms with E-state index in [0.717, 1.165) is 6.04 Å². The minimum Gasteiger partial charge on any atom is -0.120 e. The summed E-state index contributed by atoms with van der Waals surface area (Å²) in [6.45, 7) is 2.29. The van der Waals surface area contributed by atoms with Crippen LogP contribution in [0, 0.1) is 12.3 Å². The zero-order valence-electron chi connectivity index (χ0n) is 7.38. The lowest BCUT2D eigenvalue weighted by Gasteiger charge is -2.04. The SMILES string of the molecule is C#CC[Si](C)Cc1ccccc1.